The van der Waals surface area contributed by atoms with Crippen molar-refractivity contribution < 1.29 is 4.79 Å². The molecule has 5 heteroatoms. The molecule has 0 atom stereocenters. The molecule has 3 aromatic carbocycles. The van der Waals surface area contributed by atoms with Gasteiger partial charge in [0.25, 0.3) is 0 Å². The summed E-state index contributed by atoms with van der Waals surface area (Å²) >= 11 is 7.75. The third kappa shape index (κ3) is 7.36. The molecule has 3 nitrogen and oxygen atoms in total. The van der Waals surface area contributed by atoms with Crippen molar-refractivity contribution in [3.63, 3.8) is 0 Å². The minimum Gasteiger partial charge on any atom is -0.326 e. The Labute approximate surface area is 219 Å². The molecule has 3 aromatic rings. The highest BCUT2D eigenvalue weighted by Crippen LogP contribution is 2.32. The van der Waals surface area contributed by atoms with E-state index in [0.717, 1.165) is 36.8 Å². The first kappa shape index (κ1) is 25.8. The Morgan fingerprint density at radius 3 is 2.26 bits per heavy atom. The van der Waals surface area contributed by atoms with Crippen LogP contribution in [0.25, 0.3) is 0 Å². The summed E-state index contributed by atoms with van der Waals surface area (Å²) in [5.74, 6) is 0.624. The Hall–Kier alpha value is -2.27. The number of anilines is 1. The summed E-state index contributed by atoms with van der Waals surface area (Å²) in [6.45, 7) is 9.38. The van der Waals surface area contributed by atoms with Crippen LogP contribution in [0.5, 0.6) is 0 Å². The highest BCUT2D eigenvalue weighted by Gasteiger charge is 2.22. The lowest BCUT2D eigenvalue weighted by Gasteiger charge is -2.33. The predicted molar refractivity (Wildman–Crippen MR) is 149 cm³/mol. The fourth-order valence-electron chi connectivity index (χ4n) is 4.56. The molecule has 184 valence electrons. The van der Waals surface area contributed by atoms with E-state index in [1.54, 1.807) is 11.8 Å². The molecule has 1 N–H and O–H groups in total. The summed E-state index contributed by atoms with van der Waals surface area (Å²) in [5.41, 5.74) is 5.02. The summed E-state index contributed by atoms with van der Waals surface area (Å²) in [4.78, 5) is 17.1. The SMILES string of the molecule is Cc1ccc(NC(=O)C(C)C)cc1C1CCN(CCc2ccc(Sc3ccc(Cl)cc3)cc2)CC1. The highest BCUT2D eigenvalue weighted by molar-refractivity contribution is 7.99. The molecule has 1 fully saturated rings. The summed E-state index contributed by atoms with van der Waals surface area (Å²) in [7, 11) is 0. The van der Waals surface area contributed by atoms with E-state index in [0.29, 0.717) is 5.92 Å². The number of amides is 1. The molecule has 1 saturated heterocycles. The molecule has 1 heterocycles. The normalized spacial score (nSPS) is 14.9. The molecule has 0 saturated carbocycles. The van der Waals surface area contributed by atoms with Crippen LogP contribution in [0.1, 0.15) is 49.3 Å². The molecule has 1 aliphatic rings. The van der Waals surface area contributed by atoms with E-state index in [9.17, 15) is 4.79 Å². The second kappa shape index (κ2) is 12.1. The van der Waals surface area contributed by atoms with Crippen LogP contribution in [0.3, 0.4) is 0 Å². The standard InChI is InChI=1S/C30H35ClN2OS/c1-21(2)30(34)32-26-9-4-22(3)29(20-26)24-15-18-33(19-16-24)17-14-23-5-10-27(11-6-23)35-28-12-7-25(31)8-13-28/h4-13,20-21,24H,14-19H2,1-3H3,(H,32,34). The van der Waals surface area contributed by atoms with Crippen molar-refractivity contribution in [2.45, 2.75) is 55.7 Å². The van der Waals surface area contributed by atoms with Crippen molar-refractivity contribution >= 4 is 35.0 Å². The third-order valence-corrected chi connectivity index (χ3v) is 8.06. The minimum absolute atomic E-state index is 0.0126. The molecule has 4 rings (SSSR count). The molecule has 1 aliphatic heterocycles. The molecular formula is C30H35ClN2OS. The lowest BCUT2D eigenvalue weighted by Crippen LogP contribution is -2.34. The second-order valence-corrected chi connectivity index (χ2v) is 11.4. The fourth-order valence-corrected chi connectivity index (χ4v) is 5.50. The first-order valence-electron chi connectivity index (χ1n) is 12.5. The van der Waals surface area contributed by atoms with Crippen molar-refractivity contribution in [1.82, 2.24) is 4.90 Å². The zero-order valence-corrected chi connectivity index (χ0v) is 22.5. The molecule has 0 spiro atoms. The van der Waals surface area contributed by atoms with E-state index < -0.39 is 0 Å². The van der Waals surface area contributed by atoms with Crippen LogP contribution in [-0.4, -0.2) is 30.4 Å². The minimum atomic E-state index is -0.0126. The Balaban J connectivity index is 1.26. The number of halogens is 1. The molecule has 0 aliphatic carbocycles. The second-order valence-electron chi connectivity index (χ2n) is 9.78. The summed E-state index contributed by atoms with van der Waals surface area (Å²) < 4.78 is 0. The molecular weight excluding hydrogens is 472 g/mol. The number of hydrogen-bond acceptors (Lipinski definition) is 3. The summed E-state index contributed by atoms with van der Waals surface area (Å²) in [6, 6.07) is 23.3. The number of nitrogens with one attached hydrogen (secondary N) is 1. The quantitative estimate of drug-likeness (QED) is 0.338. The maximum absolute atomic E-state index is 12.1. The molecule has 0 unspecified atom stereocenters. The lowest BCUT2D eigenvalue weighted by atomic mass is 9.86. The maximum Gasteiger partial charge on any atom is 0.226 e. The number of carbonyl (C=O) groups is 1. The number of likely N-dealkylation sites (tertiary alicyclic amines) is 1. The van der Waals surface area contributed by atoms with E-state index in [1.165, 1.54) is 39.3 Å². The molecule has 0 radical (unpaired) electrons. The molecule has 0 aromatic heterocycles. The Morgan fingerprint density at radius 2 is 1.63 bits per heavy atom. The number of piperidine rings is 1. The largest absolute Gasteiger partial charge is 0.326 e. The number of rotatable bonds is 8. The van der Waals surface area contributed by atoms with Gasteiger partial charge >= 0.3 is 0 Å². The van der Waals surface area contributed by atoms with Crippen molar-refractivity contribution in [2.75, 3.05) is 25.0 Å². The van der Waals surface area contributed by atoms with Crippen LogP contribution < -0.4 is 5.32 Å². The zero-order valence-electron chi connectivity index (χ0n) is 20.9. The molecule has 35 heavy (non-hydrogen) atoms. The fraction of sp³-hybridized carbons (Fsp3) is 0.367. The van der Waals surface area contributed by atoms with E-state index in [2.05, 4.69) is 65.7 Å². The van der Waals surface area contributed by atoms with E-state index in [1.807, 2.05) is 32.0 Å². The van der Waals surface area contributed by atoms with Gasteiger partial charge in [0.15, 0.2) is 0 Å². The van der Waals surface area contributed by atoms with Crippen molar-refractivity contribution in [2.24, 2.45) is 5.92 Å². The van der Waals surface area contributed by atoms with Gasteiger partial charge in [-0.2, -0.15) is 0 Å². The predicted octanol–water partition coefficient (Wildman–Crippen LogP) is 7.82. The smallest absolute Gasteiger partial charge is 0.226 e. The van der Waals surface area contributed by atoms with E-state index >= 15 is 0 Å². The highest BCUT2D eigenvalue weighted by atomic mass is 35.5. The average Bonchev–Trinajstić information content (AvgIpc) is 2.86. The Bertz CT molecular complexity index is 1120. The van der Waals surface area contributed by atoms with E-state index in [-0.39, 0.29) is 11.8 Å². The number of benzene rings is 3. The van der Waals surface area contributed by atoms with Gasteiger partial charge < -0.3 is 10.2 Å². The van der Waals surface area contributed by atoms with Gasteiger partial charge in [0.2, 0.25) is 5.91 Å². The van der Waals surface area contributed by atoms with Gasteiger partial charge in [0, 0.05) is 33.0 Å². The maximum atomic E-state index is 12.1. The number of carbonyl (C=O) groups excluding carboxylic acids is 1. The number of aryl methyl sites for hydroxylation is 1. The summed E-state index contributed by atoms with van der Waals surface area (Å²) in [5, 5.41) is 3.83. The molecule has 0 bridgehead atoms. The summed E-state index contributed by atoms with van der Waals surface area (Å²) in [6.07, 6.45) is 3.41. The third-order valence-electron chi connectivity index (χ3n) is 6.79. The van der Waals surface area contributed by atoms with Gasteiger partial charge in [-0.15, -0.1) is 0 Å². The van der Waals surface area contributed by atoms with Gasteiger partial charge in [-0.3, -0.25) is 4.79 Å². The topological polar surface area (TPSA) is 32.3 Å². The van der Waals surface area contributed by atoms with Crippen LogP contribution in [0.15, 0.2) is 76.5 Å². The van der Waals surface area contributed by atoms with Gasteiger partial charge in [-0.05, 0) is 110 Å². The van der Waals surface area contributed by atoms with Gasteiger partial charge in [-0.1, -0.05) is 55.4 Å². The Kier molecular flexibility index (Phi) is 8.94. The first-order valence-corrected chi connectivity index (χ1v) is 13.7. The first-order chi connectivity index (χ1) is 16.9. The van der Waals surface area contributed by atoms with Gasteiger partial charge in [-0.25, -0.2) is 0 Å². The monoisotopic (exact) mass is 506 g/mol. The van der Waals surface area contributed by atoms with Gasteiger partial charge in [0.1, 0.15) is 0 Å². The van der Waals surface area contributed by atoms with Crippen LogP contribution >= 0.6 is 23.4 Å². The number of hydrogen-bond donors (Lipinski definition) is 1. The lowest BCUT2D eigenvalue weighted by molar-refractivity contribution is -0.118. The van der Waals surface area contributed by atoms with Crippen molar-refractivity contribution in [1.29, 1.82) is 0 Å². The zero-order chi connectivity index (χ0) is 24.8. The van der Waals surface area contributed by atoms with Crippen LogP contribution in [0.4, 0.5) is 5.69 Å². The Morgan fingerprint density at radius 1 is 1.00 bits per heavy atom. The van der Waals surface area contributed by atoms with Crippen molar-refractivity contribution in [3.8, 4) is 0 Å². The molecule has 1 amide bonds. The average molecular weight is 507 g/mol. The van der Waals surface area contributed by atoms with Crippen molar-refractivity contribution in [3.05, 3.63) is 88.4 Å². The van der Waals surface area contributed by atoms with Crippen LogP contribution in [-0.2, 0) is 11.2 Å². The van der Waals surface area contributed by atoms with E-state index in [4.69, 9.17) is 11.6 Å². The number of nitrogens with zero attached hydrogens (tertiary/aromatic N) is 1. The van der Waals surface area contributed by atoms with Crippen LogP contribution in [0.2, 0.25) is 5.02 Å². The van der Waals surface area contributed by atoms with Crippen LogP contribution in [0, 0.1) is 12.8 Å². The van der Waals surface area contributed by atoms with Gasteiger partial charge in [0.05, 0.1) is 0 Å².